The van der Waals surface area contributed by atoms with Crippen LogP contribution in [0.25, 0.3) is 0 Å². The molecule has 2 rings (SSSR count). The number of hydrogen-bond donors (Lipinski definition) is 2. The maximum atomic E-state index is 11.7. The fraction of sp³-hybridized carbons (Fsp3) is 0.500. The minimum atomic E-state index is -0.609. The summed E-state index contributed by atoms with van der Waals surface area (Å²) in [5.74, 6) is 0.845. The van der Waals surface area contributed by atoms with E-state index in [2.05, 4.69) is 35.1 Å². The Kier molecular flexibility index (Phi) is 4.11. The Bertz CT molecular complexity index is 498. The molecule has 19 heavy (non-hydrogen) atoms. The molecule has 1 aliphatic carbocycles. The van der Waals surface area contributed by atoms with Gasteiger partial charge in [0, 0.05) is 10.2 Å². The Morgan fingerprint density at radius 1 is 1.53 bits per heavy atom. The van der Waals surface area contributed by atoms with Crippen molar-refractivity contribution in [3.63, 3.8) is 0 Å². The van der Waals surface area contributed by atoms with Gasteiger partial charge in [-0.05, 0) is 58.8 Å². The molecule has 1 aliphatic rings. The highest BCUT2D eigenvalue weighted by molar-refractivity contribution is 9.10. The van der Waals surface area contributed by atoms with Gasteiger partial charge in [-0.15, -0.1) is 0 Å². The first-order valence-electron chi connectivity index (χ1n) is 6.37. The normalized spacial score (nSPS) is 26.1. The number of halogens is 2. The Hall–Kier alpha value is -0.740. The molecule has 3 nitrogen and oxygen atoms in total. The quantitative estimate of drug-likeness (QED) is 0.872. The van der Waals surface area contributed by atoms with Crippen LogP contribution >= 0.6 is 27.5 Å². The van der Waals surface area contributed by atoms with Gasteiger partial charge >= 0.3 is 0 Å². The smallest absolute Gasteiger partial charge is 0.243 e. The fourth-order valence-electron chi connectivity index (χ4n) is 2.52. The van der Waals surface area contributed by atoms with Crippen LogP contribution in [-0.2, 0) is 4.79 Å². The van der Waals surface area contributed by atoms with Crippen molar-refractivity contribution in [3.05, 3.63) is 27.7 Å². The zero-order valence-electron chi connectivity index (χ0n) is 11.0. The molecule has 1 aromatic carbocycles. The van der Waals surface area contributed by atoms with E-state index in [-0.39, 0.29) is 5.91 Å². The lowest BCUT2D eigenvalue weighted by Gasteiger charge is -2.48. The molecule has 1 fully saturated rings. The van der Waals surface area contributed by atoms with Crippen LogP contribution in [0.3, 0.4) is 0 Å². The number of nitrogens with two attached hydrogens (primary N) is 1. The zero-order chi connectivity index (χ0) is 14.2. The van der Waals surface area contributed by atoms with Crippen LogP contribution < -0.4 is 11.1 Å². The average Bonchev–Trinajstić information content (AvgIpc) is 2.26. The molecule has 3 N–H and O–H groups in total. The summed E-state index contributed by atoms with van der Waals surface area (Å²) in [5.41, 5.74) is 5.82. The molecule has 0 unspecified atom stereocenters. The van der Waals surface area contributed by atoms with Gasteiger partial charge in [0.1, 0.15) is 5.54 Å². The minimum Gasteiger partial charge on any atom is -0.371 e. The van der Waals surface area contributed by atoms with Crippen LogP contribution in [0.1, 0.15) is 26.7 Å². The maximum absolute atomic E-state index is 11.7. The summed E-state index contributed by atoms with van der Waals surface area (Å²) in [6.07, 6.45) is 1.58. The Labute approximate surface area is 127 Å². The number of primary amides is 1. The predicted octanol–water partition coefficient (Wildman–Crippen LogP) is 3.80. The second kappa shape index (κ2) is 5.33. The van der Waals surface area contributed by atoms with Crippen molar-refractivity contribution in [2.24, 2.45) is 17.6 Å². The third-order valence-corrected chi connectivity index (χ3v) is 5.15. The number of hydrogen-bond acceptors (Lipinski definition) is 2. The first-order valence-corrected chi connectivity index (χ1v) is 7.54. The number of nitrogens with one attached hydrogen (secondary N) is 1. The van der Waals surface area contributed by atoms with E-state index in [1.54, 1.807) is 6.07 Å². The van der Waals surface area contributed by atoms with Crippen molar-refractivity contribution in [2.75, 3.05) is 5.32 Å². The van der Waals surface area contributed by atoms with Gasteiger partial charge in [0.25, 0.3) is 0 Å². The summed E-state index contributed by atoms with van der Waals surface area (Å²) in [5, 5.41) is 3.93. The van der Waals surface area contributed by atoms with Gasteiger partial charge < -0.3 is 11.1 Å². The highest BCUT2D eigenvalue weighted by Gasteiger charge is 2.49. The molecule has 0 spiro atoms. The summed E-state index contributed by atoms with van der Waals surface area (Å²) < 4.78 is 0.804. The number of rotatable bonds is 4. The molecular weight excluding hydrogens is 328 g/mol. The van der Waals surface area contributed by atoms with Crippen LogP contribution in [0.15, 0.2) is 22.7 Å². The van der Waals surface area contributed by atoms with E-state index in [0.29, 0.717) is 16.9 Å². The van der Waals surface area contributed by atoms with E-state index < -0.39 is 5.54 Å². The zero-order valence-corrected chi connectivity index (χ0v) is 13.4. The van der Waals surface area contributed by atoms with Gasteiger partial charge in [-0.25, -0.2) is 0 Å². The second-order valence-electron chi connectivity index (χ2n) is 5.61. The number of amides is 1. The van der Waals surface area contributed by atoms with E-state index in [1.807, 2.05) is 12.1 Å². The van der Waals surface area contributed by atoms with E-state index >= 15 is 0 Å². The van der Waals surface area contributed by atoms with Crippen molar-refractivity contribution in [1.29, 1.82) is 0 Å². The van der Waals surface area contributed by atoms with Crippen molar-refractivity contribution in [2.45, 2.75) is 32.2 Å². The number of carbonyl (C=O) groups is 1. The number of carbonyl (C=O) groups excluding carboxylic acids is 1. The maximum Gasteiger partial charge on any atom is 0.243 e. The first kappa shape index (κ1) is 14.7. The van der Waals surface area contributed by atoms with Crippen LogP contribution in [0.4, 0.5) is 5.69 Å². The van der Waals surface area contributed by atoms with E-state index in [4.69, 9.17) is 17.3 Å². The summed E-state index contributed by atoms with van der Waals surface area (Å²) in [6, 6.07) is 5.53. The van der Waals surface area contributed by atoms with Gasteiger partial charge in [-0.2, -0.15) is 0 Å². The Balaban J connectivity index is 2.15. The number of anilines is 1. The molecule has 0 aromatic heterocycles. The third kappa shape index (κ3) is 2.90. The minimum absolute atomic E-state index is 0.282. The molecule has 0 bridgehead atoms. The van der Waals surface area contributed by atoms with E-state index in [1.165, 1.54) is 0 Å². The van der Waals surface area contributed by atoms with E-state index in [0.717, 1.165) is 23.0 Å². The Morgan fingerprint density at radius 2 is 2.16 bits per heavy atom. The molecule has 0 heterocycles. The first-order chi connectivity index (χ1) is 8.84. The topological polar surface area (TPSA) is 55.1 Å². The second-order valence-corrected chi connectivity index (χ2v) is 6.87. The lowest BCUT2D eigenvalue weighted by molar-refractivity contribution is -0.127. The summed E-state index contributed by atoms with van der Waals surface area (Å²) in [6.45, 7) is 4.35. The highest BCUT2D eigenvalue weighted by atomic mass is 79.9. The van der Waals surface area contributed by atoms with Crippen LogP contribution in [0, 0.1) is 11.8 Å². The number of benzene rings is 1. The standard InChI is InChI=1S/C14H18BrClN2O/c1-8(2)9-6-14(7-9,13(17)19)18-10-3-4-12(16)11(15)5-10/h3-5,8-9,18H,6-7H2,1-2H3,(H2,17,19). The fourth-order valence-corrected chi connectivity index (χ4v) is 3.02. The van der Waals surface area contributed by atoms with Crippen molar-refractivity contribution in [3.8, 4) is 0 Å². The highest BCUT2D eigenvalue weighted by Crippen LogP contribution is 2.44. The lowest BCUT2D eigenvalue weighted by Crippen LogP contribution is -2.60. The summed E-state index contributed by atoms with van der Waals surface area (Å²) in [7, 11) is 0. The van der Waals surface area contributed by atoms with Crippen LogP contribution in [0.2, 0.25) is 5.02 Å². The summed E-state index contributed by atoms with van der Waals surface area (Å²) in [4.78, 5) is 11.7. The molecule has 0 saturated heterocycles. The largest absolute Gasteiger partial charge is 0.371 e. The molecule has 0 atom stereocenters. The van der Waals surface area contributed by atoms with Gasteiger partial charge in [0.15, 0.2) is 0 Å². The molecule has 0 aliphatic heterocycles. The monoisotopic (exact) mass is 344 g/mol. The van der Waals surface area contributed by atoms with Gasteiger partial charge in [-0.1, -0.05) is 25.4 Å². The third-order valence-electron chi connectivity index (χ3n) is 3.94. The Morgan fingerprint density at radius 3 is 2.63 bits per heavy atom. The lowest BCUT2D eigenvalue weighted by atomic mass is 9.63. The molecule has 1 aromatic rings. The van der Waals surface area contributed by atoms with Crippen LogP contribution in [-0.4, -0.2) is 11.4 Å². The van der Waals surface area contributed by atoms with Gasteiger partial charge in [0.2, 0.25) is 5.91 Å². The van der Waals surface area contributed by atoms with Crippen molar-refractivity contribution >= 4 is 39.1 Å². The molecule has 0 radical (unpaired) electrons. The molecule has 104 valence electrons. The van der Waals surface area contributed by atoms with E-state index in [9.17, 15) is 4.79 Å². The SMILES string of the molecule is CC(C)C1CC(Nc2ccc(Cl)c(Br)c2)(C(N)=O)C1. The van der Waals surface area contributed by atoms with Crippen molar-refractivity contribution in [1.82, 2.24) is 0 Å². The average molecular weight is 346 g/mol. The molecular formula is C14H18BrClN2O. The molecule has 1 saturated carbocycles. The van der Waals surface area contributed by atoms with Crippen LogP contribution in [0.5, 0.6) is 0 Å². The molecule has 1 amide bonds. The van der Waals surface area contributed by atoms with Crippen molar-refractivity contribution < 1.29 is 4.79 Å². The van der Waals surface area contributed by atoms with Gasteiger partial charge in [0.05, 0.1) is 5.02 Å². The summed E-state index contributed by atoms with van der Waals surface area (Å²) >= 11 is 9.34. The van der Waals surface area contributed by atoms with Gasteiger partial charge in [-0.3, -0.25) is 4.79 Å². The molecule has 5 heteroatoms. The predicted molar refractivity (Wildman–Crippen MR) is 82.3 cm³/mol.